The zero-order valence-electron chi connectivity index (χ0n) is 7.35. The number of benzene rings is 1. The first-order chi connectivity index (χ1) is 6.80. The highest BCUT2D eigenvalue weighted by atomic mass is 19.4. The Balaban J connectivity index is 2.82. The molecule has 1 rings (SSSR count). The van der Waals surface area contributed by atoms with Gasteiger partial charge in [-0.05, 0) is 11.6 Å². The molecule has 0 bridgehead atoms. The second kappa shape index (κ2) is 4.14. The molecule has 0 heterocycles. The number of hydrogen-bond acceptors (Lipinski definition) is 1. The summed E-state index contributed by atoms with van der Waals surface area (Å²) in [5, 5.41) is 8.65. The molecule has 0 saturated heterocycles. The molecule has 1 N–H and O–H groups in total. The summed E-state index contributed by atoms with van der Waals surface area (Å²) >= 11 is 0. The highest BCUT2D eigenvalue weighted by Crippen LogP contribution is 2.24. The third-order valence-electron chi connectivity index (χ3n) is 1.81. The van der Waals surface area contributed by atoms with Gasteiger partial charge < -0.3 is 5.11 Å². The van der Waals surface area contributed by atoms with Crippen molar-refractivity contribution in [3.05, 3.63) is 35.4 Å². The van der Waals surface area contributed by atoms with Gasteiger partial charge in [0.05, 0.1) is 0 Å². The van der Waals surface area contributed by atoms with Crippen LogP contribution in [0, 0.1) is 11.6 Å². The predicted molar refractivity (Wildman–Crippen MR) is 42.1 cm³/mol. The lowest BCUT2D eigenvalue weighted by Crippen LogP contribution is -2.30. The number of aliphatic hydroxyl groups is 1. The minimum Gasteiger partial charge on any atom is -0.383 e. The normalized spacial score (nSPS) is 14.0. The van der Waals surface area contributed by atoms with Crippen molar-refractivity contribution < 1.29 is 27.1 Å². The molecule has 1 nitrogen and oxygen atoms in total. The van der Waals surface area contributed by atoms with Crippen LogP contribution in [0.15, 0.2) is 18.2 Å². The van der Waals surface area contributed by atoms with Gasteiger partial charge in [0.25, 0.3) is 0 Å². The third kappa shape index (κ3) is 3.16. The number of hydrogen-bond donors (Lipinski definition) is 1. The minimum absolute atomic E-state index is 0.374. The first-order valence-electron chi connectivity index (χ1n) is 3.99. The van der Waals surface area contributed by atoms with Crippen LogP contribution in [0.25, 0.3) is 0 Å². The zero-order chi connectivity index (χ0) is 11.6. The van der Waals surface area contributed by atoms with Crippen LogP contribution in [-0.2, 0) is 6.42 Å². The van der Waals surface area contributed by atoms with Crippen LogP contribution >= 0.6 is 0 Å². The van der Waals surface area contributed by atoms with Crippen molar-refractivity contribution in [2.75, 3.05) is 0 Å². The summed E-state index contributed by atoms with van der Waals surface area (Å²) in [6, 6.07) is 2.18. The second-order valence-electron chi connectivity index (χ2n) is 3.00. The molecular formula is C9H7F5O. The van der Waals surface area contributed by atoms with E-state index < -0.39 is 30.3 Å². The van der Waals surface area contributed by atoms with Crippen molar-refractivity contribution in [1.29, 1.82) is 0 Å². The summed E-state index contributed by atoms with van der Waals surface area (Å²) < 4.78 is 61.0. The van der Waals surface area contributed by atoms with E-state index in [-0.39, 0.29) is 5.56 Å². The molecule has 0 spiro atoms. The SMILES string of the molecule is O[C@H](Cc1ccc(F)cc1F)C(F)(F)F. The van der Waals surface area contributed by atoms with Crippen LogP contribution in [0.3, 0.4) is 0 Å². The van der Waals surface area contributed by atoms with Gasteiger partial charge in [-0.15, -0.1) is 0 Å². The Morgan fingerprint density at radius 3 is 2.27 bits per heavy atom. The quantitative estimate of drug-likeness (QED) is 0.768. The Labute approximate surface area is 82.1 Å². The summed E-state index contributed by atoms with van der Waals surface area (Å²) in [5.41, 5.74) is -0.374. The highest BCUT2D eigenvalue weighted by molar-refractivity contribution is 5.19. The maximum Gasteiger partial charge on any atom is 0.414 e. The number of rotatable bonds is 2. The highest BCUT2D eigenvalue weighted by Gasteiger charge is 2.38. The first-order valence-corrected chi connectivity index (χ1v) is 3.99. The van der Waals surface area contributed by atoms with Crippen molar-refractivity contribution in [2.24, 2.45) is 0 Å². The number of alkyl halides is 3. The molecule has 0 fully saturated rings. The standard InChI is InChI=1S/C9H7F5O/c10-6-2-1-5(7(11)4-6)3-8(15)9(12,13)14/h1-2,4,8,15H,3H2/t8-/m1/s1. The molecule has 1 aromatic rings. The van der Waals surface area contributed by atoms with Gasteiger partial charge in [-0.3, -0.25) is 0 Å². The predicted octanol–water partition coefficient (Wildman–Crippen LogP) is 2.43. The summed E-state index contributed by atoms with van der Waals surface area (Å²) in [4.78, 5) is 0. The summed E-state index contributed by atoms with van der Waals surface area (Å²) in [6.45, 7) is 0. The molecule has 0 radical (unpaired) electrons. The van der Waals surface area contributed by atoms with Crippen LogP contribution < -0.4 is 0 Å². The van der Waals surface area contributed by atoms with E-state index in [0.717, 1.165) is 12.1 Å². The smallest absolute Gasteiger partial charge is 0.383 e. The monoisotopic (exact) mass is 226 g/mol. The van der Waals surface area contributed by atoms with Crippen molar-refractivity contribution >= 4 is 0 Å². The minimum atomic E-state index is -4.80. The molecule has 0 unspecified atom stereocenters. The van der Waals surface area contributed by atoms with E-state index in [0.29, 0.717) is 6.07 Å². The van der Waals surface area contributed by atoms with E-state index in [9.17, 15) is 22.0 Å². The largest absolute Gasteiger partial charge is 0.414 e. The fraction of sp³-hybridized carbons (Fsp3) is 0.333. The van der Waals surface area contributed by atoms with Crippen molar-refractivity contribution in [1.82, 2.24) is 0 Å². The molecule has 0 aliphatic heterocycles. The van der Waals surface area contributed by atoms with Crippen molar-refractivity contribution in [3.63, 3.8) is 0 Å². The van der Waals surface area contributed by atoms with Crippen LogP contribution in [-0.4, -0.2) is 17.4 Å². The molecular weight excluding hydrogens is 219 g/mol. The van der Waals surface area contributed by atoms with Gasteiger partial charge in [0.2, 0.25) is 0 Å². The zero-order valence-corrected chi connectivity index (χ0v) is 7.35. The molecule has 84 valence electrons. The molecule has 0 aromatic heterocycles. The molecule has 0 amide bonds. The average Bonchev–Trinajstić information content (AvgIpc) is 2.08. The molecule has 1 atom stereocenters. The van der Waals surface area contributed by atoms with E-state index >= 15 is 0 Å². The van der Waals surface area contributed by atoms with E-state index in [1.165, 1.54) is 0 Å². The Bertz CT molecular complexity index is 347. The van der Waals surface area contributed by atoms with Gasteiger partial charge in [-0.1, -0.05) is 6.07 Å². The van der Waals surface area contributed by atoms with Gasteiger partial charge in [0.15, 0.2) is 6.10 Å². The summed E-state index contributed by atoms with van der Waals surface area (Å²) in [5.74, 6) is -1.98. The van der Waals surface area contributed by atoms with Gasteiger partial charge in [0, 0.05) is 12.5 Å². The van der Waals surface area contributed by atoms with Gasteiger partial charge in [-0.25, -0.2) is 8.78 Å². The van der Waals surface area contributed by atoms with Crippen LogP contribution in [0.1, 0.15) is 5.56 Å². The molecule has 0 aliphatic rings. The molecule has 6 heteroatoms. The van der Waals surface area contributed by atoms with E-state index in [2.05, 4.69) is 0 Å². The van der Waals surface area contributed by atoms with Crippen molar-refractivity contribution in [2.45, 2.75) is 18.7 Å². The molecule has 0 saturated carbocycles. The second-order valence-corrected chi connectivity index (χ2v) is 3.00. The van der Waals surface area contributed by atoms with Gasteiger partial charge in [0.1, 0.15) is 11.6 Å². The van der Waals surface area contributed by atoms with E-state index in [1.807, 2.05) is 0 Å². The topological polar surface area (TPSA) is 20.2 Å². The third-order valence-corrected chi connectivity index (χ3v) is 1.81. The van der Waals surface area contributed by atoms with Gasteiger partial charge in [-0.2, -0.15) is 13.2 Å². The van der Waals surface area contributed by atoms with Gasteiger partial charge >= 0.3 is 6.18 Å². The van der Waals surface area contributed by atoms with E-state index in [4.69, 9.17) is 5.11 Å². The maximum absolute atomic E-state index is 12.9. The lowest BCUT2D eigenvalue weighted by Gasteiger charge is -2.14. The fourth-order valence-corrected chi connectivity index (χ4v) is 1.01. The molecule has 1 aromatic carbocycles. The Kier molecular flexibility index (Phi) is 3.28. The van der Waals surface area contributed by atoms with E-state index in [1.54, 1.807) is 0 Å². The Morgan fingerprint density at radius 1 is 1.20 bits per heavy atom. The first kappa shape index (κ1) is 11.9. The maximum atomic E-state index is 12.9. The Hall–Kier alpha value is -1.17. The average molecular weight is 226 g/mol. The number of aliphatic hydroxyl groups excluding tert-OH is 1. The lowest BCUT2D eigenvalue weighted by molar-refractivity contribution is -0.203. The lowest BCUT2D eigenvalue weighted by atomic mass is 10.1. The fourth-order valence-electron chi connectivity index (χ4n) is 1.01. The number of halogens is 5. The summed E-state index contributed by atoms with van der Waals surface area (Å²) in [7, 11) is 0. The molecule has 0 aliphatic carbocycles. The molecule has 15 heavy (non-hydrogen) atoms. The van der Waals surface area contributed by atoms with Crippen LogP contribution in [0.5, 0.6) is 0 Å². The van der Waals surface area contributed by atoms with Crippen LogP contribution in [0.4, 0.5) is 22.0 Å². The summed E-state index contributed by atoms with van der Waals surface area (Å²) in [6.07, 6.45) is -8.37. The van der Waals surface area contributed by atoms with Crippen molar-refractivity contribution in [3.8, 4) is 0 Å². The van der Waals surface area contributed by atoms with Crippen LogP contribution in [0.2, 0.25) is 0 Å². The Morgan fingerprint density at radius 2 is 1.80 bits per heavy atom.